The van der Waals surface area contributed by atoms with Crippen LogP contribution >= 0.6 is 0 Å². The fourth-order valence-electron chi connectivity index (χ4n) is 3.62. The van der Waals surface area contributed by atoms with Crippen LogP contribution in [0.15, 0.2) is 84.2 Å². The lowest BCUT2D eigenvalue weighted by Gasteiger charge is -2.19. The first-order chi connectivity index (χ1) is 13.3. The second-order valence-electron chi connectivity index (χ2n) is 6.86. The largest absolute Gasteiger partial charge is 0.384 e. The number of fused-ring (bicyclic) bond motifs is 2. The smallest absolute Gasteiger partial charge is 0.263 e. The summed E-state index contributed by atoms with van der Waals surface area (Å²) in [6.07, 6.45) is 14.1. The van der Waals surface area contributed by atoms with Crippen LogP contribution in [0.3, 0.4) is 0 Å². The van der Waals surface area contributed by atoms with E-state index in [-0.39, 0.29) is 5.56 Å². The molecule has 0 fully saturated rings. The molecule has 0 saturated carbocycles. The summed E-state index contributed by atoms with van der Waals surface area (Å²) in [5.41, 5.74) is 3.89. The molecule has 132 valence electrons. The molecule has 1 N–H and O–H groups in total. The van der Waals surface area contributed by atoms with E-state index in [1.165, 1.54) is 11.1 Å². The van der Waals surface area contributed by atoms with E-state index in [2.05, 4.69) is 63.9 Å². The molecule has 0 spiro atoms. The zero-order valence-electron chi connectivity index (χ0n) is 14.6. The van der Waals surface area contributed by atoms with Gasteiger partial charge in [-0.1, -0.05) is 48.6 Å². The maximum Gasteiger partial charge on any atom is 0.263 e. The summed E-state index contributed by atoms with van der Waals surface area (Å²) in [5, 5.41) is 3.87. The number of aromatic nitrogens is 3. The Kier molecular flexibility index (Phi) is 3.71. The van der Waals surface area contributed by atoms with Crippen molar-refractivity contribution in [2.24, 2.45) is 5.92 Å². The van der Waals surface area contributed by atoms with Gasteiger partial charge in [0.2, 0.25) is 0 Å². The Balaban J connectivity index is 1.40. The maximum absolute atomic E-state index is 12.6. The van der Waals surface area contributed by atoms with Gasteiger partial charge in [-0.3, -0.25) is 9.36 Å². The Morgan fingerprint density at radius 2 is 1.96 bits per heavy atom. The summed E-state index contributed by atoms with van der Waals surface area (Å²) in [6, 6.07) is 12.3. The minimum Gasteiger partial charge on any atom is -0.384 e. The summed E-state index contributed by atoms with van der Waals surface area (Å²) in [4.78, 5) is 21.0. The molecule has 2 aromatic heterocycles. The molecule has 5 rings (SSSR count). The van der Waals surface area contributed by atoms with Crippen LogP contribution in [0.4, 0.5) is 0 Å². The van der Waals surface area contributed by atoms with E-state index in [9.17, 15) is 4.79 Å². The zero-order chi connectivity index (χ0) is 18.2. The molecule has 27 heavy (non-hydrogen) atoms. The Bertz CT molecular complexity index is 1150. The van der Waals surface area contributed by atoms with Crippen molar-refractivity contribution in [3.8, 4) is 0 Å². The third kappa shape index (κ3) is 2.87. The number of allylic oxidation sites excluding steroid dienone is 2. The predicted molar refractivity (Wildman–Crippen MR) is 106 cm³/mol. The standard InChI is InChI=1S/C22H18N4O/c27-22-19-2-1-10-24-21(19)25-14-26(22)13-15-3-5-16(6-4-15)17-7-8-20-18(12-17)9-11-23-20/h1-12,14,18,20,23H,13H2. The van der Waals surface area contributed by atoms with E-state index >= 15 is 0 Å². The van der Waals surface area contributed by atoms with Crippen LogP contribution in [0, 0.1) is 5.92 Å². The molecule has 2 aliphatic rings. The molecule has 3 aromatic rings. The molecular weight excluding hydrogens is 336 g/mol. The van der Waals surface area contributed by atoms with E-state index in [0.717, 1.165) is 5.56 Å². The summed E-state index contributed by atoms with van der Waals surface area (Å²) in [7, 11) is 0. The van der Waals surface area contributed by atoms with Gasteiger partial charge in [-0.05, 0) is 35.0 Å². The summed E-state index contributed by atoms with van der Waals surface area (Å²) >= 11 is 0. The summed E-state index contributed by atoms with van der Waals surface area (Å²) < 4.78 is 1.62. The zero-order valence-corrected chi connectivity index (χ0v) is 14.6. The Morgan fingerprint density at radius 1 is 1.07 bits per heavy atom. The topological polar surface area (TPSA) is 59.8 Å². The van der Waals surface area contributed by atoms with Gasteiger partial charge in [0.1, 0.15) is 6.33 Å². The molecule has 1 aliphatic heterocycles. The van der Waals surface area contributed by atoms with Gasteiger partial charge >= 0.3 is 0 Å². The molecule has 0 saturated heterocycles. The highest BCUT2D eigenvalue weighted by atomic mass is 16.1. The molecule has 0 radical (unpaired) electrons. The maximum atomic E-state index is 12.6. The van der Waals surface area contributed by atoms with Gasteiger partial charge in [0.15, 0.2) is 5.65 Å². The molecule has 0 amide bonds. The van der Waals surface area contributed by atoms with Crippen molar-refractivity contribution in [2.75, 3.05) is 0 Å². The van der Waals surface area contributed by atoms with E-state index < -0.39 is 0 Å². The number of benzene rings is 1. The van der Waals surface area contributed by atoms with Crippen LogP contribution in [0.2, 0.25) is 0 Å². The monoisotopic (exact) mass is 354 g/mol. The number of pyridine rings is 1. The molecule has 5 heteroatoms. The number of hydrogen-bond acceptors (Lipinski definition) is 4. The average Bonchev–Trinajstić information content (AvgIpc) is 3.19. The second-order valence-corrected chi connectivity index (χ2v) is 6.86. The second kappa shape index (κ2) is 6.36. The lowest BCUT2D eigenvalue weighted by molar-refractivity contribution is 0.651. The summed E-state index contributed by atoms with van der Waals surface area (Å²) in [5.74, 6) is 0.417. The lowest BCUT2D eigenvalue weighted by Crippen LogP contribution is -2.24. The predicted octanol–water partition coefficient (Wildman–Crippen LogP) is 2.89. The van der Waals surface area contributed by atoms with Crippen LogP contribution in [0.25, 0.3) is 16.6 Å². The SMILES string of the molecule is O=c1c2cccnc2ncn1Cc1ccc(C2=CC3C=CNC3C=C2)cc1. The highest BCUT2D eigenvalue weighted by molar-refractivity contribution is 5.76. The van der Waals surface area contributed by atoms with Crippen LogP contribution in [-0.4, -0.2) is 20.6 Å². The Labute approximate surface area is 156 Å². The number of nitrogens with one attached hydrogen (secondary N) is 1. The van der Waals surface area contributed by atoms with Crippen LogP contribution < -0.4 is 10.9 Å². The van der Waals surface area contributed by atoms with Gasteiger partial charge in [0.05, 0.1) is 18.0 Å². The van der Waals surface area contributed by atoms with E-state index in [0.29, 0.717) is 29.5 Å². The van der Waals surface area contributed by atoms with Crippen molar-refractivity contribution in [2.45, 2.75) is 12.6 Å². The van der Waals surface area contributed by atoms with Crippen molar-refractivity contribution in [1.82, 2.24) is 19.9 Å². The lowest BCUT2D eigenvalue weighted by atomic mass is 9.90. The van der Waals surface area contributed by atoms with Crippen molar-refractivity contribution < 1.29 is 0 Å². The fraction of sp³-hybridized carbons (Fsp3) is 0.136. The van der Waals surface area contributed by atoms with Gasteiger partial charge in [0.25, 0.3) is 5.56 Å². The van der Waals surface area contributed by atoms with E-state index in [1.807, 2.05) is 6.20 Å². The summed E-state index contributed by atoms with van der Waals surface area (Å²) in [6.45, 7) is 0.489. The van der Waals surface area contributed by atoms with Crippen molar-refractivity contribution in [3.05, 3.63) is 101 Å². The van der Waals surface area contributed by atoms with Crippen LogP contribution in [0.5, 0.6) is 0 Å². The minimum atomic E-state index is -0.0679. The fourth-order valence-corrected chi connectivity index (χ4v) is 3.62. The van der Waals surface area contributed by atoms with Gasteiger partial charge in [0, 0.05) is 12.1 Å². The Morgan fingerprint density at radius 3 is 2.85 bits per heavy atom. The molecule has 3 heterocycles. The highest BCUT2D eigenvalue weighted by Crippen LogP contribution is 2.28. The first-order valence-corrected chi connectivity index (χ1v) is 9.00. The minimum absolute atomic E-state index is 0.0679. The van der Waals surface area contributed by atoms with Gasteiger partial charge in [-0.2, -0.15) is 0 Å². The third-order valence-electron chi connectivity index (χ3n) is 5.11. The first kappa shape index (κ1) is 15.8. The molecule has 1 aliphatic carbocycles. The number of rotatable bonds is 3. The van der Waals surface area contributed by atoms with E-state index in [1.54, 1.807) is 29.2 Å². The molecule has 5 nitrogen and oxygen atoms in total. The van der Waals surface area contributed by atoms with E-state index in [4.69, 9.17) is 0 Å². The molecule has 1 aromatic carbocycles. The normalized spacial score (nSPS) is 20.4. The molecule has 2 atom stereocenters. The molecule has 2 unspecified atom stereocenters. The molecule has 0 bridgehead atoms. The Hall–Kier alpha value is -3.47. The number of nitrogens with zero attached hydrogens (tertiary/aromatic N) is 3. The average molecular weight is 354 g/mol. The highest BCUT2D eigenvalue weighted by Gasteiger charge is 2.21. The van der Waals surface area contributed by atoms with Gasteiger partial charge in [-0.25, -0.2) is 9.97 Å². The van der Waals surface area contributed by atoms with Gasteiger partial charge < -0.3 is 5.32 Å². The van der Waals surface area contributed by atoms with Gasteiger partial charge in [-0.15, -0.1) is 0 Å². The van der Waals surface area contributed by atoms with Crippen molar-refractivity contribution >= 4 is 16.6 Å². The first-order valence-electron chi connectivity index (χ1n) is 9.00. The van der Waals surface area contributed by atoms with Crippen molar-refractivity contribution in [1.29, 1.82) is 0 Å². The van der Waals surface area contributed by atoms with Crippen LogP contribution in [-0.2, 0) is 6.54 Å². The molecular formula is C22H18N4O. The number of hydrogen-bond donors (Lipinski definition) is 1. The quantitative estimate of drug-likeness (QED) is 0.786. The van der Waals surface area contributed by atoms with Crippen molar-refractivity contribution in [3.63, 3.8) is 0 Å². The third-order valence-corrected chi connectivity index (χ3v) is 5.11. The van der Waals surface area contributed by atoms with Crippen LogP contribution in [0.1, 0.15) is 11.1 Å².